The molecule has 0 fully saturated rings. The van der Waals surface area contributed by atoms with Gasteiger partial charge in [0.25, 0.3) is 0 Å². The molecule has 0 N–H and O–H groups in total. The zero-order valence-electron chi connectivity index (χ0n) is 80.4. The fourth-order valence-corrected chi connectivity index (χ4v) is 14.3. The number of nitrogens with zero attached hydrogens (tertiary/aromatic N) is 7. The van der Waals surface area contributed by atoms with E-state index in [2.05, 4.69) is 364 Å². The Bertz CT molecular complexity index is 5610. The van der Waals surface area contributed by atoms with Crippen LogP contribution in [0.4, 0.5) is 0 Å². The summed E-state index contributed by atoms with van der Waals surface area (Å²) < 4.78 is 82.4. The first kappa shape index (κ1) is 73.4. The molecule has 7 aromatic heterocycles. The Labute approximate surface area is 686 Å². The van der Waals surface area contributed by atoms with E-state index in [4.69, 9.17) is 12.3 Å². The molecule has 112 heavy (non-hydrogen) atoms. The molecule has 0 aliphatic heterocycles. The molecule has 14 aromatic rings. The molecule has 0 aliphatic rings. The van der Waals surface area contributed by atoms with Gasteiger partial charge in [0.15, 0.2) is 40.9 Å². The van der Waals surface area contributed by atoms with E-state index in [9.17, 15) is 0 Å². The summed E-state index contributed by atoms with van der Waals surface area (Å²) in [6.07, 6.45) is 4.21. The third-order valence-corrected chi connectivity index (χ3v) is 21.7. The molecule has 7 aromatic carbocycles. The molecule has 7 nitrogen and oxygen atoms in total. The predicted octanol–water partition coefficient (Wildman–Crippen LogP) is 21.7. The molecule has 0 bridgehead atoms. The summed E-state index contributed by atoms with van der Waals surface area (Å²) in [6, 6.07) is 81.9. The Morgan fingerprint density at radius 1 is 0.205 bits per heavy atom. The number of pyridine rings is 7. The van der Waals surface area contributed by atoms with Crippen molar-refractivity contribution in [1.29, 1.82) is 0 Å². The molecule has 0 saturated heterocycles. The largest absolute Gasteiger partial charge is 0.215 e. The minimum Gasteiger partial charge on any atom is -0.201 e. The van der Waals surface area contributed by atoms with Crippen LogP contribution in [0.3, 0.4) is 0 Å². The highest BCUT2D eigenvalue weighted by Crippen LogP contribution is 2.31. The van der Waals surface area contributed by atoms with E-state index in [1.807, 2.05) is 31.2 Å². The summed E-state index contributed by atoms with van der Waals surface area (Å²) in [5.74, 6) is 0. The number of aromatic nitrogens is 7. The summed E-state index contributed by atoms with van der Waals surface area (Å²) in [5.41, 5.74) is 40.6. The first-order valence-corrected chi connectivity index (χ1v) is 38.7. The van der Waals surface area contributed by atoms with Crippen molar-refractivity contribution in [2.24, 2.45) is 49.3 Å². The molecular weight excluding hydrogens is 1360 g/mol. The van der Waals surface area contributed by atoms with Gasteiger partial charge in [0.05, 0.1) is 11.1 Å². The van der Waals surface area contributed by atoms with E-state index in [0.717, 1.165) is 28.1 Å². The molecule has 0 aliphatic carbocycles. The van der Waals surface area contributed by atoms with Crippen LogP contribution in [0.2, 0.25) is 0 Å². The second-order valence-electron chi connectivity index (χ2n) is 30.0. The topological polar surface area (TPSA) is 27.2 Å². The normalized spacial score (nSPS) is 12.0. The monoisotopic (exact) mass is 1490 g/mol. The van der Waals surface area contributed by atoms with E-state index in [-0.39, 0.29) is 11.3 Å². The average Bonchev–Trinajstić information content (AvgIpc) is 0.799. The fourth-order valence-electron chi connectivity index (χ4n) is 14.3. The van der Waals surface area contributed by atoms with Crippen LogP contribution in [0.25, 0.3) is 78.8 Å². The molecule has 7 heteroatoms. The lowest BCUT2D eigenvalue weighted by molar-refractivity contribution is -0.666. The van der Waals surface area contributed by atoms with Gasteiger partial charge in [0, 0.05) is 159 Å². The van der Waals surface area contributed by atoms with Gasteiger partial charge in [-0.3, -0.25) is 0 Å². The van der Waals surface area contributed by atoms with Crippen molar-refractivity contribution in [3.05, 3.63) is 373 Å². The molecular formula is C105H126N7+7. The number of benzene rings is 7. The van der Waals surface area contributed by atoms with Crippen molar-refractivity contribution in [2.75, 3.05) is 0 Å². The molecule has 7 heterocycles. The number of hydrogen-bond donors (Lipinski definition) is 0. The van der Waals surface area contributed by atoms with Gasteiger partial charge < -0.3 is 0 Å². The first-order chi connectivity index (χ1) is 56.8. The van der Waals surface area contributed by atoms with Gasteiger partial charge in [0.1, 0.15) is 49.3 Å². The minimum absolute atomic E-state index is 0.240. The van der Waals surface area contributed by atoms with E-state index >= 15 is 0 Å². The third-order valence-electron chi connectivity index (χ3n) is 21.7. The first-order valence-electron chi connectivity index (χ1n) is 43.2. The lowest BCUT2D eigenvalue weighted by Gasteiger charge is -2.09. The zero-order valence-corrected chi connectivity index (χ0v) is 71.4. The smallest absolute Gasteiger partial charge is 0.201 e. The lowest BCUT2D eigenvalue weighted by atomic mass is 9.97. The molecule has 0 atom stereocenters. The predicted molar refractivity (Wildman–Crippen MR) is 471 cm³/mol. The number of aryl methyl sites for hydroxylation is 21. The molecule has 0 spiro atoms. The van der Waals surface area contributed by atoms with Crippen LogP contribution in [0, 0.1) is 145 Å². The van der Waals surface area contributed by atoms with Gasteiger partial charge in [-0.25, -0.2) is 9.13 Å². The molecule has 0 saturated carbocycles. The molecule has 0 radical (unpaired) electrons. The van der Waals surface area contributed by atoms with Crippen LogP contribution in [-0.2, 0) is 49.3 Å². The fraction of sp³-hybridized carbons (Fsp3) is 0.267. The standard InChI is InChI=1S/7C15H18N/c2*1-11-7-5-9-14(13(11)3)15-10-6-8-12(2)16(15)4;2*1-11-7-5-8-12(2)14(11)15-13(3)9-6-10-16(15)4;2*1-11-8-9-14(12(2)10-11)15-7-5-6-13(3)16(15)4;1-11-8-9-12(2)14(10-11)15-7-5-6-13(3)16(15)4/h7*5-10H,1-4H3/q7*+1/i2D3;;;;1D3,3D3;;. The van der Waals surface area contributed by atoms with Crippen molar-refractivity contribution in [3.8, 4) is 78.8 Å². The van der Waals surface area contributed by atoms with Gasteiger partial charge in [0.2, 0.25) is 39.9 Å². The molecule has 14 rings (SSSR count). The van der Waals surface area contributed by atoms with E-state index in [1.165, 1.54) is 151 Å². The van der Waals surface area contributed by atoms with Crippen LogP contribution >= 0.6 is 0 Å². The lowest BCUT2D eigenvalue weighted by Crippen LogP contribution is -2.34. The maximum Gasteiger partial charge on any atom is 0.215 e. The number of hydrogen-bond acceptors (Lipinski definition) is 0. The molecule has 0 amide bonds. The van der Waals surface area contributed by atoms with Gasteiger partial charge in [-0.05, 0) is 245 Å². The Morgan fingerprint density at radius 2 is 0.491 bits per heavy atom. The minimum atomic E-state index is -2.20. The zero-order chi connectivity index (χ0) is 89.4. The maximum atomic E-state index is 7.58. The maximum absolute atomic E-state index is 7.58. The van der Waals surface area contributed by atoms with Gasteiger partial charge >= 0.3 is 0 Å². The number of rotatable bonds is 7. The van der Waals surface area contributed by atoms with Crippen molar-refractivity contribution >= 4 is 0 Å². The van der Waals surface area contributed by atoms with E-state index < -0.39 is 20.6 Å². The Balaban J connectivity index is 0.000000176. The molecule has 574 valence electrons. The average molecular weight is 1500 g/mol. The summed E-state index contributed by atoms with van der Waals surface area (Å²) in [5, 5.41) is 0. The Hall–Kier alpha value is -11.4. The van der Waals surface area contributed by atoms with E-state index in [0.29, 0.717) is 5.69 Å². The summed E-state index contributed by atoms with van der Waals surface area (Å²) in [7, 11) is 14.1. The van der Waals surface area contributed by atoms with Gasteiger partial charge in [-0.2, -0.15) is 22.8 Å². The second kappa shape index (κ2) is 39.5. The van der Waals surface area contributed by atoms with Crippen LogP contribution in [0.1, 0.15) is 130 Å². The Morgan fingerprint density at radius 3 is 0.848 bits per heavy atom. The SMILES string of the molecule is Cc1ccc(-c2cccc(C)[n+]2C)c(C)c1.Cc1ccc(C)c(-c2cccc(C)[n+]2C)c1.Cc1cccc(-c2cccc(C)[n+]2C)c1C.Cc1cccc(C)c1-c1c(C)ccc[n+]1C.Cc1cccc(C)c1-c1c(C)ccc[n+]1C.[2H]C([2H])([2H])c1ccc(-c2cccc(C([2H])([2H])[2H])[n+]2C)c(C)c1.[2H]C([2H])([2H])c1cccc(-c2cccc(C)c2C)[n+]1C. The third kappa shape index (κ3) is 21.4. The highest BCUT2D eigenvalue weighted by atomic mass is 15.0. The van der Waals surface area contributed by atoms with Crippen LogP contribution in [-0.4, -0.2) is 0 Å². The summed E-state index contributed by atoms with van der Waals surface area (Å²) >= 11 is 0. The summed E-state index contributed by atoms with van der Waals surface area (Å²) in [4.78, 5) is 0. The second-order valence-corrected chi connectivity index (χ2v) is 30.0. The highest BCUT2D eigenvalue weighted by molar-refractivity contribution is 5.70. The van der Waals surface area contributed by atoms with Crippen molar-refractivity contribution < 1.29 is 44.3 Å². The van der Waals surface area contributed by atoms with Crippen LogP contribution in [0.5, 0.6) is 0 Å². The van der Waals surface area contributed by atoms with E-state index in [1.54, 1.807) is 65.7 Å². The van der Waals surface area contributed by atoms with Crippen molar-refractivity contribution in [3.63, 3.8) is 0 Å². The van der Waals surface area contributed by atoms with Crippen LogP contribution in [0.15, 0.2) is 255 Å². The molecule has 0 unspecified atom stereocenters. The Kier molecular flexibility index (Phi) is 25.9. The van der Waals surface area contributed by atoms with Crippen molar-refractivity contribution in [2.45, 2.75) is 145 Å². The highest BCUT2D eigenvalue weighted by Gasteiger charge is 2.22. The van der Waals surface area contributed by atoms with Gasteiger partial charge in [-0.15, -0.1) is 0 Å². The van der Waals surface area contributed by atoms with Crippen molar-refractivity contribution in [1.82, 2.24) is 0 Å². The van der Waals surface area contributed by atoms with Gasteiger partial charge in [-0.1, -0.05) is 114 Å². The van der Waals surface area contributed by atoms with Crippen LogP contribution < -0.4 is 32.0 Å². The quantitative estimate of drug-likeness (QED) is 0.142. The summed E-state index contributed by atoms with van der Waals surface area (Å²) in [6.45, 7) is 31.9.